The topological polar surface area (TPSA) is 52.3 Å². The van der Waals surface area contributed by atoms with E-state index in [2.05, 4.69) is 4.98 Å². The summed E-state index contributed by atoms with van der Waals surface area (Å²) in [4.78, 5) is 16.4. The number of benzene rings is 2. The number of rotatable bonds is 7. The van der Waals surface area contributed by atoms with Crippen molar-refractivity contribution in [1.29, 1.82) is 0 Å². The molecule has 3 aromatic rings. The number of carbonyl (C=O) groups is 1. The summed E-state index contributed by atoms with van der Waals surface area (Å²) in [6, 6.07) is 15.2. The van der Waals surface area contributed by atoms with Crippen LogP contribution in [0, 0.1) is 0 Å². The SMILES string of the molecule is CCOc1ccc(CC(=O)CSc2nc3ccccc3o2)cc1. The van der Waals surface area contributed by atoms with Gasteiger partial charge in [-0.15, -0.1) is 0 Å². The predicted molar refractivity (Wildman–Crippen MR) is 91.1 cm³/mol. The van der Waals surface area contributed by atoms with Gasteiger partial charge in [-0.05, 0) is 36.8 Å². The molecule has 0 aliphatic heterocycles. The van der Waals surface area contributed by atoms with Crippen molar-refractivity contribution in [2.24, 2.45) is 0 Å². The summed E-state index contributed by atoms with van der Waals surface area (Å²) in [5.41, 5.74) is 2.54. The van der Waals surface area contributed by atoms with Gasteiger partial charge < -0.3 is 9.15 Å². The molecule has 0 atom stereocenters. The Morgan fingerprint density at radius 3 is 2.70 bits per heavy atom. The van der Waals surface area contributed by atoms with Crippen molar-refractivity contribution in [3.8, 4) is 5.75 Å². The molecule has 0 aliphatic rings. The lowest BCUT2D eigenvalue weighted by atomic mass is 10.1. The van der Waals surface area contributed by atoms with E-state index in [4.69, 9.17) is 9.15 Å². The van der Waals surface area contributed by atoms with Gasteiger partial charge in [0.15, 0.2) is 5.58 Å². The third-order valence-corrected chi connectivity index (χ3v) is 4.15. The second kappa shape index (κ2) is 7.33. The van der Waals surface area contributed by atoms with Gasteiger partial charge in [-0.1, -0.05) is 36.0 Å². The number of oxazole rings is 1. The summed E-state index contributed by atoms with van der Waals surface area (Å²) in [5.74, 6) is 1.31. The van der Waals surface area contributed by atoms with Gasteiger partial charge >= 0.3 is 0 Å². The molecule has 0 fully saturated rings. The minimum absolute atomic E-state index is 0.140. The minimum Gasteiger partial charge on any atom is -0.494 e. The Bertz CT molecular complexity index is 762. The Kier molecular flexibility index (Phi) is 4.98. The highest BCUT2D eigenvalue weighted by molar-refractivity contribution is 7.99. The third-order valence-electron chi connectivity index (χ3n) is 3.27. The molecule has 0 unspecified atom stereocenters. The second-order valence-corrected chi connectivity index (χ2v) is 5.96. The Hall–Kier alpha value is -2.27. The van der Waals surface area contributed by atoms with E-state index in [-0.39, 0.29) is 5.78 Å². The average molecular weight is 327 g/mol. The number of nitrogens with zero attached hydrogens (tertiary/aromatic N) is 1. The molecule has 23 heavy (non-hydrogen) atoms. The van der Waals surface area contributed by atoms with E-state index < -0.39 is 0 Å². The van der Waals surface area contributed by atoms with Crippen molar-refractivity contribution in [1.82, 2.24) is 4.98 Å². The zero-order valence-electron chi connectivity index (χ0n) is 12.8. The van der Waals surface area contributed by atoms with E-state index in [1.807, 2.05) is 55.5 Å². The van der Waals surface area contributed by atoms with Crippen LogP contribution in [0.5, 0.6) is 5.75 Å². The summed E-state index contributed by atoms with van der Waals surface area (Å²) in [6.07, 6.45) is 0.402. The van der Waals surface area contributed by atoms with E-state index in [9.17, 15) is 4.79 Å². The van der Waals surface area contributed by atoms with Crippen LogP contribution >= 0.6 is 11.8 Å². The number of Topliss-reactive ketones (excluding diaryl/α,β-unsaturated/α-hetero) is 1. The smallest absolute Gasteiger partial charge is 0.257 e. The molecule has 0 amide bonds. The maximum Gasteiger partial charge on any atom is 0.257 e. The van der Waals surface area contributed by atoms with Gasteiger partial charge in [0.2, 0.25) is 0 Å². The highest BCUT2D eigenvalue weighted by atomic mass is 32.2. The standard InChI is InChI=1S/C18H17NO3S/c1-2-21-15-9-7-13(8-10-15)11-14(20)12-23-18-19-16-5-3-4-6-17(16)22-18/h3-10H,2,11-12H2,1H3. The summed E-state index contributed by atoms with van der Waals surface area (Å²) in [5, 5.41) is 0.534. The molecule has 0 bridgehead atoms. The van der Waals surface area contributed by atoms with Crippen LogP contribution in [0.1, 0.15) is 12.5 Å². The van der Waals surface area contributed by atoms with E-state index in [1.165, 1.54) is 11.8 Å². The first-order valence-corrected chi connectivity index (χ1v) is 8.45. The fourth-order valence-electron chi connectivity index (χ4n) is 2.20. The van der Waals surface area contributed by atoms with Crippen LogP contribution in [-0.4, -0.2) is 23.1 Å². The van der Waals surface area contributed by atoms with Gasteiger partial charge in [0, 0.05) is 6.42 Å². The highest BCUT2D eigenvalue weighted by Crippen LogP contribution is 2.23. The second-order valence-electron chi connectivity index (χ2n) is 5.03. The highest BCUT2D eigenvalue weighted by Gasteiger charge is 2.10. The molecule has 0 radical (unpaired) electrons. The maximum atomic E-state index is 12.1. The molecule has 2 aromatic carbocycles. The average Bonchev–Trinajstić information content (AvgIpc) is 2.98. The largest absolute Gasteiger partial charge is 0.494 e. The van der Waals surface area contributed by atoms with Gasteiger partial charge in [-0.2, -0.15) is 0 Å². The summed E-state index contributed by atoms with van der Waals surface area (Å²) in [7, 11) is 0. The number of aromatic nitrogens is 1. The summed E-state index contributed by atoms with van der Waals surface area (Å²) in [6.45, 7) is 2.58. The molecule has 0 saturated carbocycles. The first kappa shape index (κ1) is 15.6. The van der Waals surface area contributed by atoms with Crippen LogP contribution in [0.25, 0.3) is 11.1 Å². The first-order valence-electron chi connectivity index (χ1n) is 7.46. The number of para-hydroxylation sites is 2. The Morgan fingerprint density at radius 1 is 1.17 bits per heavy atom. The number of thioether (sulfide) groups is 1. The lowest BCUT2D eigenvalue weighted by molar-refractivity contribution is -0.116. The fraction of sp³-hybridized carbons (Fsp3) is 0.222. The fourth-order valence-corrected chi connectivity index (χ4v) is 2.90. The number of ketones is 1. The molecule has 4 nitrogen and oxygen atoms in total. The van der Waals surface area contributed by atoms with Crippen molar-refractivity contribution in [2.75, 3.05) is 12.4 Å². The normalized spacial score (nSPS) is 10.8. The van der Waals surface area contributed by atoms with Gasteiger partial charge in [-0.3, -0.25) is 4.79 Å². The monoisotopic (exact) mass is 327 g/mol. The summed E-state index contributed by atoms with van der Waals surface area (Å²) >= 11 is 1.33. The number of hydrogen-bond acceptors (Lipinski definition) is 5. The Morgan fingerprint density at radius 2 is 1.96 bits per heavy atom. The molecule has 5 heteroatoms. The minimum atomic E-state index is 0.140. The van der Waals surface area contributed by atoms with Crippen LogP contribution in [0.2, 0.25) is 0 Å². The van der Waals surface area contributed by atoms with Crippen LogP contribution in [-0.2, 0) is 11.2 Å². The zero-order valence-corrected chi connectivity index (χ0v) is 13.6. The van der Waals surface area contributed by atoms with Gasteiger partial charge in [-0.25, -0.2) is 4.98 Å². The van der Waals surface area contributed by atoms with E-state index >= 15 is 0 Å². The van der Waals surface area contributed by atoms with Crippen molar-refractivity contribution >= 4 is 28.6 Å². The van der Waals surface area contributed by atoms with E-state index in [1.54, 1.807) is 0 Å². The molecule has 118 valence electrons. The van der Waals surface area contributed by atoms with Crippen LogP contribution in [0.4, 0.5) is 0 Å². The van der Waals surface area contributed by atoms with Crippen molar-refractivity contribution in [3.05, 3.63) is 54.1 Å². The molecule has 0 saturated heterocycles. The van der Waals surface area contributed by atoms with E-state index in [0.717, 1.165) is 22.4 Å². The lowest BCUT2D eigenvalue weighted by Crippen LogP contribution is -2.05. The lowest BCUT2D eigenvalue weighted by Gasteiger charge is -2.04. The Labute approximate surface area is 138 Å². The molecular formula is C18H17NO3S. The first-order chi connectivity index (χ1) is 11.2. The maximum absolute atomic E-state index is 12.1. The molecule has 0 aliphatic carbocycles. The molecular weight excluding hydrogens is 310 g/mol. The number of carbonyl (C=O) groups excluding carboxylic acids is 1. The molecule has 0 N–H and O–H groups in total. The van der Waals surface area contributed by atoms with Crippen LogP contribution < -0.4 is 4.74 Å². The van der Waals surface area contributed by atoms with Crippen molar-refractivity contribution in [3.63, 3.8) is 0 Å². The van der Waals surface area contributed by atoms with Crippen LogP contribution in [0.15, 0.2) is 58.2 Å². The third kappa shape index (κ3) is 4.13. The molecule has 1 aromatic heterocycles. The molecule has 0 spiro atoms. The van der Waals surface area contributed by atoms with Crippen molar-refractivity contribution in [2.45, 2.75) is 18.6 Å². The van der Waals surface area contributed by atoms with Gasteiger partial charge in [0.05, 0.1) is 12.4 Å². The zero-order chi connectivity index (χ0) is 16.1. The van der Waals surface area contributed by atoms with Crippen molar-refractivity contribution < 1.29 is 13.9 Å². The van der Waals surface area contributed by atoms with Gasteiger partial charge in [0.25, 0.3) is 5.22 Å². The van der Waals surface area contributed by atoms with Gasteiger partial charge in [0.1, 0.15) is 17.0 Å². The van der Waals surface area contributed by atoms with E-state index in [0.29, 0.717) is 24.0 Å². The molecule has 3 rings (SSSR count). The Balaban J connectivity index is 1.54. The predicted octanol–water partition coefficient (Wildman–Crippen LogP) is 4.13. The number of ether oxygens (including phenoxy) is 1. The van der Waals surface area contributed by atoms with Crippen LogP contribution in [0.3, 0.4) is 0 Å². The quantitative estimate of drug-likeness (QED) is 0.611. The number of hydrogen-bond donors (Lipinski definition) is 0. The molecule has 1 heterocycles. The number of fused-ring (bicyclic) bond motifs is 1. The summed E-state index contributed by atoms with van der Waals surface area (Å²) < 4.78 is 11.0.